The Balaban J connectivity index is 2.62. The van der Waals surface area contributed by atoms with E-state index in [-0.39, 0.29) is 18.9 Å². The maximum absolute atomic E-state index is 13.2. The highest BCUT2D eigenvalue weighted by Gasteiger charge is 2.15. The molecule has 6 heteroatoms. The highest BCUT2D eigenvalue weighted by Crippen LogP contribution is 2.16. The molecule has 0 saturated carbocycles. The van der Waals surface area contributed by atoms with Crippen molar-refractivity contribution in [2.45, 2.75) is 25.6 Å². The molecule has 0 atom stereocenters. The summed E-state index contributed by atoms with van der Waals surface area (Å²) in [7, 11) is -3.14. The molecule has 1 rings (SSSR count). The summed E-state index contributed by atoms with van der Waals surface area (Å²) in [5.74, 6) is -0.229. The molecular weight excluding hydrogens is 257 g/mol. The van der Waals surface area contributed by atoms with Crippen LogP contribution in [0.3, 0.4) is 0 Å². The van der Waals surface area contributed by atoms with E-state index in [4.69, 9.17) is 10.5 Å². The molecule has 0 aromatic heterocycles. The van der Waals surface area contributed by atoms with E-state index in [1.807, 2.05) is 0 Å². The molecular formula is C12H18FNO3S. The third kappa shape index (κ3) is 4.27. The van der Waals surface area contributed by atoms with Gasteiger partial charge in [0.15, 0.2) is 9.84 Å². The van der Waals surface area contributed by atoms with Gasteiger partial charge in [-0.15, -0.1) is 0 Å². The first-order valence-corrected chi connectivity index (χ1v) is 7.40. The van der Waals surface area contributed by atoms with Crippen LogP contribution in [0.25, 0.3) is 0 Å². The number of hydrogen-bond acceptors (Lipinski definition) is 4. The molecule has 1 aromatic carbocycles. The molecule has 2 N–H and O–H groups in total. The number of halogens is 1. The van der Waals surface area contributed by atoms with Gasteiger partial charge in [-0.25, -0.2) is 12.8 Å². The van der Waals surface area contributed by atoms with Gasteiger partial charge in [-0.05, 0) is 31.5 Å². The molecule has 0 radical (unpaired) electrons. The lowest BCUT2D eigenvalue weighted by atomic mass is 10.2. The van der Waals surface area contributed by atoms with E-state index in [0.29, 0.717) is 11.3 Å². The monoisotopic (exact) mass is 275 g/mol. The Morgan fingerprint density at radius 2 is 2.00 bits per heavy atom. The zero-order valence-corrected chi connectivity index (χ0v) is 11.3. The van der Waals surface area contributed by atoms with Gasteiger partial charge in [0.25, 0.3) is 0 Å². The molecule has 4 nitrogen and oxygen atoms in total. The van der Waals surface area contributed by atoms with Crippen molar-refractivity contribution in [3.63, 3.8) is 0 Å². The van der Waals surface area contributed by atoms with Crippen molar-refractivity contribution < 1.29 is 17.5 Å². The minimum absolute atomic E-state index is 0.00791. The van der Waals surface area contributed by atoms with Crippen LogP contribution in [0.1, 0.15) is 19.4 Å². The Morgan fingerprint density at radius 1 is 1.33 bits per heavy atom. The number of sulfone groups is 1. The average Bonchev–Trinajstić information content (AvgIpc) is 2.27. The third-order valence-electron chi connectivity index (χ3n) is 2.52. The van der Waals surface area contributed by atoms with Crippen LogP contribution >= 0.6 is 0 Å². The molecule has 0 aliphatic carbocycles. The minimum atomic E-state index is -3.14. The molecule has 0 fully saturated rings. The molecule has 0 saturated heterocycles. The van der Waals surface area contributed by atoms with Crippen LogP contribution < -0.4 is 10.5 Å². The predicted octanol–water partition coefficient (Wildman–Crippen LogP) is 1.49. The first kappa shape index (κ1) is 14.9. The zero-order chi connectivity index (χ0) is 13.8. The molecule has 0 heterocycles. The quantitative estimate of drug-likeness (QED) is 0.854. The van der Waals surface area contributed by atoms with Crippen LogP contribution in [0.5, 0.6) is 5.75 Å². The smallest absolute Gasteiger partial charge is 0.155 e. The molecule has 0 aliphatic heterocycles. The van der Waals surface area contributed by atoms with Crippen molar-refractivity contribution in [1.29, 1.82) is 0 Å². The largest absolute Gasteiger partial charge is 0.492 e. The first-order valence-electron chi connectivity index (χ1n) is 5.69. The molecule has 102 valence electrons. The summed E-state index contributed by atoms with van der Waals surface area (Å²) in [5.41, 5.74) is 6.02. The Morgan fingerprint density at radius 3 is 2.56 bits per heavy atom. The molecule has 0 unspecified atom stereocenters. The fourth-order valence-corrected chi connectivity index (χ4v) is 2.12. The summed E-state index contributed by atoms with van der Waals surface area (Å²) in [6.07, 6.45) is 0. The number of benzene rings is 1. The lowest BCUT2D eigenvalue weighted by Crippen LogP contribution is -2.22. The van der Waals surface area contributed by atoms with Crippen LogP contribution in [0.15, 0.2) is 18.2 Å². The molecule has 1 aromatic rings. The lowest BCUT2D eigenvalue weighted by Gasteiger charge is -2.10. The second-order valence-corrected chi connectivity index (χ2v) is 6.94. The van der Waals surface area contributed by atoms with E-state index in [2.05, 4.69) is 0 Å². The molecule has 0 amide bonds. The fraction of sp³-hybridized carbons (Fsp3) is 0.500. The lowest BCUT2D eigenvalue weighted by molar-refractivity contribution is 0.338. The Bertz CT molecular complexity index is 500. The predicted molar refractivity (Wildman–Crippen MR) is 68.7 cm³/mol. The SMILES string of the molecule is CC(C)S(=O)(=O)CCOc1cc(F)cc(CN)c1. The third-order valence-corrected chi connectivity index (χ3v) is 4.69. The zero-order valence-electron chi connectivity index (χ0n) is 10.5. The van der Waals surface area contributed by atoms with Crippen molar-refractivity contribution in [3.05, 3.63) is 29.6 Å². The van der Waals surface area contributed by atoms with E-state index in [9.17, 15) is 12.8 Å². The standard InChI is InChI=1S/C12H18FNO3S/c1-9(2)18(15,16)4-3-17-12-6-10(8-14)5-11(13)7-12/h5-7,9H,3-4,8,14H2,1-2H3. The molecule has 0 spiro atoms. The van der Waals surface area contributed by atoms with E-state index in [1.165, 1.54) is 12.1 Å². The summed E-state index contributed by atoms with van der Waals surface area (Å²) in [6.45, 7) is 3.44. The number of nitrogens with two attached hydrogens (primary N) is 1. The van der Waals surface area contributed by atoms with E-state index in [0.717, 1.165) is 0 Å². The maximum atomic E-state index is 13.2. The van der Waals surface area contributed by atoms with Gasteiger partial charge < -0.3 is 10.5 Å². The van der Waals surface area contributed by atoms with Crippen LogP contribution in [0, 0.1) is 5.82 Å². The van der Waals surface area contributed by atoms with Gasteiger partial charge in [0, 0.05) is 12.6 Å². The summed E-state index contributed by atoms with van der Waals surface area (Å²) >= 11 is 0. The minimum Gasteiger partial charge on any atom is -0.492 e. The van der Waals surface area contributed by atoms with Crippen LogP contribution in [-0.4, -0.2) is 26.0 Å². The molecule has 18 heavy (non-hydrogen) atoms. The second kappa shape index (κ2) is 6.15. The van der Waals surface area contributed by atoms with E-state index < -0.39 is 20.9 Å². The van der Waals surface area contributed by atoms with Gasteiger partial charge in [-0.3, -0.25) is 0 Å². The Hall–Kier alpha value is -1.14. The highest BCUT2D eigenvalue weighted by atomic mass is 32.2. The van der Waals surface area contributed by atoms with Crippen LogP contribution in [-0.2, 0) is 16.4 Å². The van der Waals surface area contributed by atoms with Crippen LogP contribution in [0.2, 0.25) is 0 Å². The van der Waals surface area contributed by atoms with Gasteiger partial charge in [0.1, 0.15) is 18.2 Å². The second-order valence-electron chi connectivity index (χ2n) is 4.26. The normalized spacial score (nSPS) is 11.8. The summed E-state index contributed by atoms with van der Waals surface area (Å²) in [4.78, 5) is 0. The number of rotatable bonds is 6. The van der Waals surface area contributed by atoms with Crippen molar-refractivity contribution in [1.82, 2.24) is 0 Å². The Labute approximate surface area is 107 Å². The molecule has 0 aliphatic rings. The average molecular weight is 275 g/mol. The first-order chi connectivity index (χ1) is 8.35. The van der Waals surface area contributed by atoms with Gasteiger partial charge in [-0.1, -0.05) is 0 Å². The fourth-order valence-electron chi connectivity index (χ4n) is 1.33. The Kier molecular flexibility index (Phi) is 5.10. The summed E-state index contributed by atoms with van der Waals surface area (Å²) in [6, 6.07) is 4.13. The van der Waals surface area contributed by atoms with Crippen molar-refractivity contribution in [2.75, 3.05) is 12.4 Å². The van der Waals surface area contributed by atoms with Gasteiger partial charge in [-0.2, -0.15) is 0 Å². The number of hydrogen-bond donors (Lipinski definition) is 1. The highest BCUT2D eigenvalue weighted by molar-refractivity contribution is 7.91. The molecule has 0 bridgehead atoms. The summed E-state index contributed by atoms with van der Waals surface area (Å²) < 4.78 is 41.5. The van der Waals surface area contributed by atoms with Gasteiger partial charge >= 0.3 is 0 Å². The number of ether oxygens (including phenoxy) is 1. The van der Waals surface area contributed by atoms with Crippen LogP contribution in [0.4, 0.5) is 4.39 Å². The maximum Gasteiger partial charge on any atom is 0.155 e. The van der Waals surface area contributed by atoms with Crippen molar-refractivity contribution in [2.24, 2.45) is 5.73 Å². The summed E-state index contributed by atoms with van der Waals surface area (Å²) in [5, 5.41) is -0.437. The van der Waals surface area contributed by atoms with E-state index in [1.54, 1.807) is 19.9 Å². The van der Waals surface area contributed by atoms with Gasteiger partial charge in [0.2, 0.25) is 0 Å². The van der Waals surface area contributed by atoms with Crippen molar-refractivity contribution >= 4 is 9.84 Å². The van der Waals surface area contributed by atoms with Gasteiger partial charge in [0.05, 0.1) is 11.0 Å². The van der Waals surface area contributed by atoms with E-state index >= 15 is 0 Å². The topological polar surface area (TPSA) is 69.4 Å². The van der Waals surface area contributed by atoms with Crippen molar-refractivity contribution in [3.8, 4) is 5.75 Å².